The van der Waals surface area contributed by atoms with Gasteiger partial charge >= 0.3 is 0 Å². The SMILES string of the molecule is COc1ccc(NC(=S)NC(NC(=O)c2ccccc2Br)C(Cl)(Cl)Cl)c([N+](=O)[O-])c1. The summed E-state index contributed by atoms with van der Waals surface area (Å²) < 4.78 is 3.54. The Bertz CT molecular complexity index is 974. The van der Waals surface area contributed by atoms with Gasteiger partial charge in [0.15, 0.2) is 5.11 Å². The number of hydrogen-bond acceptors (Lipinski definition) is 5. The van der Waals surface area contributed by atoms with Crippen LogP contribution in [0.1, 0.15) is 10.4 Å². The van der Waals surface area contributed by atoms with Crippen LogP contribution >= 0.6 is 63.0 Å². The molecular formula is C17H14BrCl3N4O4S. The Morgan fingerprint density at radius 3 is 2.47 bits per heavy atom. The molecule has 30 heavy (non-hydrogen) atoms. The summed E-state index contributed by atoms with van der Waals surface area (Å²) in [6.45, 7) is 0. The summed E-state index contributed by atoms with van der Waals surface area (Å²) in [6.07, 6.45) is -1.25. The molecule has 1 unspecified atom stereocenters. The van der Waals surface area contributed by atoms with Crippen molar-refractivity contribution in [2.24, 2.45) is 0 Å². The standard InChI is InChI=1S/C17H14BrCl3N4O4S/c1-29-9-6-7-12(13(8-9)25(27)28)22-16(30)24-15(17(19,20)21)23-14(26)10-4-2-3-5-11(10)18/h2-8,15H,1H3,(H,23,26)(H2,22,24,30). The number of benzene rings is 2. The molecule has 0 aliphatic rings. The highest BCUT2D eigenvalue weighted by atomic mass is 79.9. The van der Waals surface area contributed by atoms with E-state index in [4.69, 9.17) is 51.8 Å². The van der Waals surface area contributed by atoms with Gasteiger partial charge in [0.2, 0.25) is 3.79 Å². The Labute approximate surface area is 200 Å². The van der Waals surface area contributed by atoms with Crippen molar-refractivity contribution >= 4 is 85.3 Å². The van der Waals surface area contributed by atoms with E-state index in [-0.39, 0.29) is 16.5 Å². The highest BCUT2D eigenvalue weighted by Gasteiger charge is 2.35. The molecule has 0 saturated heterocycles. The lowest BCUT2D eigenvalue weighted by molar-refractivity contribution is -0.384. The fourth-order valence-electron chi connectivity index (χ4n) is 2.24. The lowest BCUT2D eigenvalue weighted by atomic mass is 10.2. The molecule has 0 heterocycles. The van der Waals surface area contributed by atoms with Gasteiger partial charge in [0.1, 0.15) is 17.6 Å². The highest BCUT2D eigenvalue weighted by Crippen LogP contribution is 2.31. The van der Waals surface area contributed by atoms with E-state index in [2.05, 4.69) is 31.9 Å². The van der Waals surface area contributed by atoms with Crippen molar-refractivity contribution in [3.05, 3.63) is 62.6 Å². The van der Waals surface area contributed by atoms with Gasteiger partial charge in [-0.25, -0.2) is 0 Å². The molecule has 0 aromatic heterocycles. The largest absolute Gasteiger partial charge is 0.496 e. The lowest BCUT2D eigenvalue weighted by Crippen LogP contribution is -2.56. The Morgan fingerprint density at radius 1 is 1.23 bits per heavy atom. The van der Waals surface area contributed by atoms with Gasteiger partial charge in [0, 0.05) is 4.47 Å². The van der Waals surface area contributed by atoms with E-state index in [0.29, 0.717) is 15.8 Å². The molecule has 0 aliphatic carbocycles. The quantitative estimate of drug-likeness (QED) is 0.155. The molecule has 0 aliphatic heterocycles. The van der Waals surface area contributed by atoms with E-state index in [9.17, 15) is 14.9 Å². The number of halogens is 4. The zero-order valence-electron chi connectivity index (χ0n) is 15.1. The number of anilines is 1. The first-order valence-electron chi connectivity index (χ1n) is 8.05. The number of nitro benzene ring substituents is 1. The predicted octanol–water partition coefficient (Wildman–Crippen LogP) is 4.78. The maximum Gasteiger partial charge on any atom is 0.296 e. The molecule has 1 atom stereocenters. The summed E-state index contributed by atoms with van der Waals surface area (Å²) in [6, 6.07) is 10.8. The second kappa shape index (κ2) is 10.5. The number of nitrogens with one attached hydrogen (secondary N) is 3. The molecule has 0 saturated carbocycles. The van der Waals surface area contributed by atoms with Gasteiger partial charge < -0.3 is 20.7 Å². The molecule has 2 aromatic rings. The van der Waals surface area contributed by atoms with E-state index < -0.39 is 20.8 Å². The molecule has 2 aromatic carbocycles. The summed E-state index contributed by atoms with van der Waals surface area (Å²) in [4.78, 5) is 23.3. The predicted molar refractivity (Wildman–Crippen MR) is 125 cm³/mol. The zero-order valence-corrected chi connectivity index (χ0v) is 19.8. The first-order valence-corrected chi connectivity index (χ1v) is 10.4. The van der Waals surface area contributed by atoms with Crippen molar-refractivity contribution in [2.45, 2.75) is 9.96 Å². The topological polar surface area (TPSA) is 106 Å². The van der Waals surface area contributed by atoms with Crippen LogP contribution in [0.4, 0.5) is 11.4 Å². The summed E-state index contributed by atoms with van der Waals surface area (Å²) in [5.41, 5.74) is 0.114. The van der Waals surface area contributed by atoms with Gasteiger partial charge in [-0.2, -0.15) is 0 Å². The van der Waals surface area contributed by atoms with Crippen LogP contribution in [0.2, 0.25) is 0 Å². The van der Waals surface area contributed by atoms with Crippen LogP contribution in [0.15, 0.2) is 46.9 Å². The van der Waals surface area contributed by atoms with Crippen LogP contribution in [-0.4, -0.2) is 33.0 Å². The zero-order chi connectivity index (χ0) is 22.5. The number of rotatable bonds is 6. The van der Waals surface area contributed by atoms with E-state index in [1.54, 1.807) is 24.3 Å². The Morgan fingerprint density at radius 2 is 1.90 bits per heavy atom. The van der Waals surface area contributed by atoms with Gasteiger partial charge in [0.25, 0.3) is 11.6 Å². The van der Waals surface area contributed by atoms with Gasteiger partial charge in [-0.15, -0.1) is 0 Å². The fourth-order valence-corrected chi connectivity index (χ4v) is 3.26. The molecule has 0 spiro atoms. The average Bonchev–Trinajstić information content (AvgIpc) is 2.67. The van der Waals surface area contributed by atoms with Crippen LogP contribution in [0.5, 0.6) is 5.75 Å². The van der Waals surface area contributed by atoms with Crippen LogP contribution < -0.4 is 20.7 Å². The molecular weight excluding hydrogens is 543 g/mol. The number of hydrogen-bond donors (Lipinski definition) is 3. The highest BCUT2D eigenvalue weighted by molar-refractivity contribution is 9.10. The average molecular weight is 557 g/mol. The van der Waals surface area contributed by atoms with Crippen LogP contribution in [0, 0.1) is 10.1 Å². The molecule has 3 N–H and O–H groups in total. The van der Waals surface area contributed by atoms with Crippen LogP contribution in [0.25, 0.3) is 0 Å². The van der Waals surface area contributed by atoms with E-state index in [0.717, 1.165) is 0 Å². The molecule has 2 rings (SSSR count). The van der Waals surface area contributed by atoms with E-state index in [1.165, 1.54) is 25.3 Å². The third kappa shape index (κ3) is 6.58. The molecule has 0 radical (unpaired) electrons. The number of alkyl halides is 3. The first kappa shape index (κ1) is 24.4. The van der Waals surface area contributed by atoms with Crippen molar-refractivity contribution < 1.29 is 14.5 Å². The number of nitro groups is 1. The van der Waals surface area contributed by atoms with Gasteiger partial charge in [-0.05, 0) is 52.4 Å². The third-order valence-corrected chi connectivity index (χ3v) is 5.21. The normalized spacial score (nSPS) is 11.9. The minimum Gasteiger partial charge on any atom is -0.496 e. The Hall–Kier alpha value is -1.85. The van der Waals surface area contributed by atoms with Crippen molar-refractivity contribution in [3.8, 4) is 5.75 Å². The van der Waals surface area contributed by atoms with E-state index >= 15 is 0 Å². The summed E-state index contributed by atoms with van der Waals surface area (Å²) in [5.74, 6) is -0.240. The number of carbonyl (C=O) groups is 1. The number of ether oxygens (including phenoxy) is 1. The fraction of sp³-hybridized carbons (Fsp3) is 0.176. The molecule has 0 bridgehead atoms. The summed E-state index contributed by atoms with van der Waals surface area (Å²) in [7, 11) is 1.39. The van der Waals surface area contributed by atoms with Gasteiger partial charge in [-0.1, -0.05) is 46.9 Å². The minimum atomic E-state index is -1.99. The number of nitrogens with zero attached hydrogens (tertiary/aromatic N) is 1. The molecule has 160 valence electrons. The number of thiocarbonyl (C=S) groups is 1. The van der Waals surface area contributed by atoms with Crippen molar-refractivity contribution in [3.63, 3.8) is 0 Å². The second-order valence-corrected chi connectivity index (χ2v) is 9.30. The lowest BCUT2D eigenvalue weighted by Gasteiger charge is -2.28. The molecule has 13 heteroatoms. The van der Waals surface area contributed by atoms with Gasteiger partial charge in [0.05, 0.1) is 23.7 Å². The first-order chi connectivity index (χ1) is 14.0. The Balaban J connectivity index is 2.18. The molecule has 1 amide bonds. The van der Waals surface area contributed by atoms with Crippen LogP contribution in [-0.2, 0) is 0 Å². The second-order valence-electron chi connectivity index (χ2n) is 5.67. The maximum absolute atomic E-state index is 12.6. The number of amides is 1. The van der Waals surface area contributed by atoms with Crippen molar-refractivity contribution in [1.82, 2.24) is 10.6 Å². The smallest absolute Gasteiger partial charge is 0.296 e. The van der Waals surface area contributed by atoms with Crippen molar-refractivity contribution in [1.29, 1.82) is 0 Å². The van der Waals surface area contributed by atoms with Crippen molar-refractivity contribution in [2.75, 3.05) is 12.4 Å². The molecule has 8 nitrogen and oxygen atoms in total. The maximum atomic E-state index is 12.6. The monoisotopic (exact) mass is 554 g/mol. The summed E-state index contributed by atoms with van der Waals surface area (Å²) >= 11 is 26.4. The molecule has 0 fully saturated rings. The minimum absolute atomic E-state index is 0.0819. The number of carbonyl (C=O) groups excluding carboxylic acids is 1. The van der Waals surface area contributed by atoms with E-state index in [1.807, 2.05) is 0 Å². The summed E-state index contributed by atoms with van der Waals surface area (Å²) in [5, 5.41) is 19.0. The Kier molecular flexibility index (Phi) is 8.51. The number of methoxy groups -OCH3 is 1. The van der Waals surface area contributed by atoms with Crippen LogP contribution in [0.3, 0.4) is 0 Å². The third-order valence-electron chi connectivity index (χ3n) is 3.65. The van der Waals surface area contributed by atoms with Gasteiger partial charge in [-0.3, -0.25) is 14.9 Å².